The third kappa shape index (κ3) is 10.9. The number of hydrogen-bond acceptors (Lipinski definition) is 13. The molecule has 0 amide bonds. The second kappa shape index (κ2) is 20.5. The highest BCUT2D eigenvalue weighted by atomic mass is 32.1. The monoisotopic (exact) mass is 1020 g/mol. The molecule has 0 spiro atoms. The normalized spacial score (nSPS) is 13.6. The summed E-state index contributed by atoms with van der Waals surface area (Å²) in [4.78, 5) is 71.4. The Morgan fingerprint density at radius 2 is 1.01 bits per heavy atom. The number of fused-ring (bicyclic) bond motifs is 2. The van der Waals surface area contributed by atoms with E-state index in [0.29, 0.717) is 79.1 Å². The highest BCUT2D eigenvalue weighted by molar-refractivity contribution is 7.23. The van der Waals surface area contributed by atoms with Gasteiger partial charge in [0.2, 0.25) is 0 Å². The first-order valence-corrected chi connectivity index (χ1v) is 24.1. The molecular formula is C56H38F2N2O11S2. The van der Waals surface area contributed by atoms with Crippen molar-refractivity contribution in [3.05, 3.63) is 199 Å². The second-order valence-electron chi connectivity index (χ2n) is 17.5. The third-order valence-electron chi connectivity index (χ3n) is 12.5. The molecule has 0 atom stereocenters. The first-order valence-electron chi connectivity index (χ1n) is 22.4. The quantitative estimate of drug-likeness (QED) is 0.0212. The SMILES string of the molecule is C#Cc1ccc(C(=O)c2c(-c3ccc(F)cc3)sc3cc(OC(=O)C4(CO[N+](=O)[O-])CC4)ccc23)cc1.C#Cc1ccc(C(=O)c2c(-c3ccc(F)cc3)sc3cc(OCC4(CO[N+](=O)[O-])CC4)ccc23)cc1. The standard InChI is InChI=1S/C28H18FNO6S.C28H20FNO5S/c1-2-17-3-5-18(6-4-17)25(31)24-22-12-11-21(36-27(32)28(13-14-28)16-35-30(33)34)15-23(22)37-26(24)19-7-9-20(29)10-8-19;1-2-18-3-5-19(6-4-18)26(31)25-23-12-11-22(34-16-28(13-14-28)17-35-30(32)33)15-24(23)36-27(25)20-7-9-21(29)10-8-20/h1,3-12,15H,13-14,16H2;1,3-12,15H,13-14,16-17H2. The number of rotatable bonds is 17. The average Bonchev–Trinajstić information content (AvgIpc) is 4.31. The van der Waals surface area contributed by atoms with Crippen molar-refractivity contribution in [2.45, 2.75) is 25.7 Å². The summed E-state index contributed by atoms with van der Waals surface area (Å²) >= 11 is 2.73. The maximum absolute atomic E-state index is 13.6. The predicted molar refractivity (Wildman–Crippen MR) is 270 cm³/mol. The number of benzene rings is 6. The zero-order valence-corrected chi connectivity index (χ0v) is 39.9. The molecule has 2 fully saturated rings. The summed E-state index contributed by atoms with van der Waals surface area (Å²) in [6, 6.07) is 35.8. The number of halogens is 2. The van der Waals surface area contributed by atoms with Crippen molar-refractivity contribution in [1.29, 1.82) is 0 Å². The number of nitrogens with zero attached hydrogens (tertiary/aromatic N) is 2. The lowest BCUT2D eigenvalue weighted by Gasteiger charge is -2.15. The summed E-state index contributed by atoms with van der Waals surface area (Å²) in [7, 11) is 0. The van der Waals surface area contributed by atoms with Crippen LogP contribution in [-0.2, 0) is 14.5 Å². The summed E-state index contributed by atoms with van der Waals surface area (Å²) in [6.07, 6.45) is 13.3. The Bertz CT molecular complexity index is 3550. The molecule has 2 aromatic heterocycles. The van der Waals surface area contributed by atoms with Crippen LogP contribution in [0.4, 0.5) is 8.78 Å². The van der Waals surface area contributed by atoms with E-state index in [0.717, 1.165) is 33.4 Å². The molecule has 0 bridgehead atoms. The minimum Gasteiger partial charge on any atom is -0.493 e. The van der Waals surface area contributed by atoms with Gasteiger partial charge in [0.05, 0.1) is 12.0 Å². The fraction of sp³-hybridized carbons (Fsp3) is 0.161. The molecule has 17 heteroatoms. The summed E-state index contributed by atoms with van der Waals surface area (Å²) in [5, 5.41) is 20.8. The smallest absolute Gasteiger partial charge is 0.319 e. The van der Waals surface area contributed by atoms with Crippen LogP contribution < -0.4 is 9.47 Å². The van der Waals surface area contributed by atoms with Gasteiger partial charge >= 0.3 is 5.97 Å². The largest absolute Gasteiger partial charge is 0.493 e. The van der Waals surface area contributed by atoms with Crippen LogP contribution in [0.3, 0.4) is 0 Å². The van der Waals surface area contributed by atoms with Crippen LogP contribution in [0.1, 0.15) is 68.7 Å². The fourth-order valence-corrected chi connectivity index (χ4v) is 10.4. The highest BCUT2D eigenvalue weighted by Crippen LogP contribution is 2.49. The van der Waals surface area contributed by atoms with Crippen molar-refractivity contribution in [2.75, 3.05) is 19.8 Å². The van der Waals surface area contributed by atoms with Gasteiger partial charge < -0.3 is 19.1 Å². The highest BCUT2D eigenvalue weighted by Gasteiger charge is 2.53. The van der Waals surface area contributed by atoms with Crippen molar-refractivity contribution in [2.24, 2.45) is 10.8 Å². The van der Waals surface area contributed by atoms with Gasteiger partial charge in [-0.05, 0) is 146 Å². The molecule has 10 rings (SSSR count). The number of carbonyl (C=O) groups is 3. The summed E-state index contributed by atoms with van der Waals surface area (Å²) in [5.41, 5.74) is 3.27. The zero-order chi connectivity index (χ0) is 51.4. The van der Waals surface area contributed by atoms with E-state index in [1.54, 1.807) is 97.1 Å². The lowest BCUT2D eigenvalue weighted by molar-refractivity contribution is -0.760. The molecule has 0 unspecified atom stereocenters. The first-order chi connectivity index (χ1) is 35.2. The summed E-state index contributed by atoms with van der Waals surface area (Å²) in [5.74, 6) is 4.16. The van der Waals surface area contributed by atoms with Crippen LogP contribution in [-0.4, -0.2) is 47.5 Å². The van der Waals surface area contributed by atoms with Crippen LogP contribution >= 0.6 is 22.7 Å². The maximum atomic E-state index is 13.6. The number of carbonyl (C=O) groups excluding carboxylic acids is 3. The van der Waals surface area contributed by atoms with E-state index in [-0.39, 0.29) is 41.8 Å². The summed E-state index contributed by atoms with van der Waals surface area (Å²) in [6.45, 7) is -0.0468. The molecule has 13 nitrogen and oxygen atoms in total. The molecule has 2 aliphatic rings. The van der Waals surface area contributed by atoms with Gasteiger partial charge in [0, 0.05) is 68.7 Å². The second-order valence-corrected chi connectivity index (χ2v) is 19.6. The molecule has 0 saturated heterocycles. The predicted octanol–water partition coefficient (Wildman–Crippen LogP) is 12.1. The van der Waals surface area contributed by atoms with Crippen molar-refractivity contribution in [3.63, 3.8) is 0 Å². The van der Waals surface area contributed by atoms with Gasteiger partial charge in [0.15, 0.2) is 11.6 Å². The number of thiophene rings is 2. The number of esters is 1. The lowest BCUT2D eigenvalue weighted by atomic mass is 9.97. The van der Waals surface area contributed by atoms with Gasteiger partial charge in [-0.1, -0.05) is 36.1 Å². The Kier molecular flexibility index (Phi) is 13.8. The molecule has 0 aliphatic heterocycles. The molecule has 6 aromatic carbocycles. The van der Waals surface area contributed by atoms with Crippen molar-refractivity contribution in [1.82, 2.24) is 0 Å². The Morgan fingerprint density at radius 1 is 0.575 bits per heavy atom. The van der Waals surface area contributed by atoms with Gasteiger partial charge in [0.1, 0.15) is 36.3 Å². The molecule has 8 aromatic rings. The van der Waals surface area contributed by atoms with E-state index in [1.165, 1.54) is 46.9 Å². The lowest BCUT2D eigenvalue weighted by Crippen LogP contribution is -2.27. The molecule has 0 N–H and O–H groups in total. The van der Waals surface area contributed by atoms with Gasteiger partial charge in [-0.2, -0.15) is 0 Å². The van der Waals surface area contributed by atoms with Crippen molar-refractivity contribution in [3.8, 4) is 57.1 Å². The van der Waals surface area contributed by atoms with Crippen LogP contribution in [0, 0.1) is 67.4 Å². The van der Waals surface area contributed by atoms with E-state index in [1.807, 2.05) is 12.1 Å². The molecule has 364 valence electrons. The minimum absolute atomic E-state index is 0.00702. The Balaban J connectivity index is 0.000000180. The van der Waals surface area contributed by atoms with E-state index in [9.17, 15) is 43.4 Å². The summed E-state index contributed by atoms with van der Waals surface area (Å²) < 4.78 is 40.2. The first kappa shape index (κ1) is 49.2. The third-order valence-corrected chi connectivity index (χ3v) is 14.9. The molecule has 73 heavy (non-hydrogen) atoms. The number of terminal acetylenes is 2. The molecular weight excluding hydrogens is 979 g/mol. The van der Waals surface area contributed by atoms with Crippen LogP contribution in [0.5, 0.6) is 11.5 Å². The fourth-order valence-electron chi connectivity index (χ4n) is 7.97. The topological polar surface area (TPSA) is 174 Å². The Morgan fingerprint density at radius 3 is 1.44 bits per heavy atom. The van der Waals surface area contributed by atoms with Crippen molar-refractivity contribution >= 4 is 60.4 Å². The average molecular weight is 1020 g/mol. The van der Waals surface area contributed by atoms with Crippen molar-refractivity contribution < 1.29 is 52.5 Å². The number of ether oxygens (including phenoxy) is 2. The van der Waals surface area contributed by atoms with Crippen LogP contribution in [0.2, 0.25) is 0 Å². The number of ketones is 2. The van der Waals surface area contributed by atoms with Gasteiger partial charge in [0.25, 0.3) is 10.2 Å². The Labute approximate surface area is 423 Å². The van der Waals surface area contributed by atoms with E-state index < -0.39 is 27.4 Å². The molecule has 0 radical (unpaired) electrons. The maximum Gasteiger partial charge on any atom is 0.319 e. The minimum atomic E-state index is -1.03. The van der Waals surface area contributed by atoms with Gasteiger partial charge in [-0.3, -0.25) is 14.4 Å². The molecule has 2 heterocycles. The van der Waals surface area contributed by atoms with E-state index >= 15 is 0 Å². The van der Waals surface area contributed by atoms with Crippen LogP contribution in [0.15, 0.2) is 133 Å². The zero-order valence-electron chi connectivity index (χ0n) is 38.3. The van der Waals surface area contributed by atoms with E-state index in [4.69, 9.17) is 22.3 Å². The Hall–Kier alpha value is -8.77. The van der Waals surface area contributed by atoms with Crippen LogP contribution in [0.25, 0.3) is 41.1 Å². The van der Waals surface area contributed by atoms with Gasteiger partial charge in [-0.25, -0.2) is 8.78 Å². The number of hydrogen-bond donors (Lipinski definition) is 0. The molecule has 2 saturated carbocycles. The van der Waals surface area contributed by atoms with Gasteiger partial charge in [-0.15, -0.1) is 55.7 Å². The van der Waals surface area contributed by atoms with E-state index in [2.05, 4.69) is 21.5 Å². The molecule has 2 aliphatic carbocycles.